The van der Waals surface area contributed by atoms with Crippen molar-refractivity contribution in [2.75, 3.05) is 0 Å². The molecule has 0 spiro atoms. The summed E-state index contributed by atoms with van der Waals surface area (Å²) in [6, 6.07) is 18.2. The molecule has 2 unspecified atom stereocenters. The summed E-state index contributed by atoms with van der Waals surface area (Å²) in [4.78, 5) is 6.08. The number of halogens is 2. The van der Waals surface area contributed by atoms with E-state index in [2.05, 4.69) is 29.4 Å². The average molecular weight is 418 g/mol. The average Bonchev–Trinajstić information content (AvgIpc) is 3.05. The molecule has 6 heteroatoms. The molecule has 0 radical (unpaired) electrons. The number of alkyl halides is 1. The summed E-state index contributed by atoms with van der Waals surface area (Å²) in [7, 11) is 1.93. The summed E-state index contributed by atoms with van der Waals surface area (Å²) in [5.41, 5.74) is 1.70. The third-order valence-corrected chi connectivity index (χ3v) is 7.10. The largest absolute Gasteiger partial charge is 0.244 e. The lowest BCUT2D eigenvalue weighted by molar-refractivity contribution is 0.303. The number of hydrogen-bond acceptors (Lipinski definition) is 3. The number of hydrogen-bond donors (Lipinski definition) is 0. The van der Waals surface area contributed by atoms with Crippen molar-refractivity contribution in [3.05, 3.63) is 70.0 Å². The summed E-state index contributed by atoms with van der Waals surface area (Å²) >= 11 is 14.8. The van der Waals surface area contributed by atoms with E-state index in [0.29, 0.717) is 5.02 Å². The highest BCUT2D eigenvalue weighted by Gasteiger charge is 2.41. The molecule has 3 aromatic rings. The zero-order valence-corrected chi connectivity index (χ0v) is 17.4. The maximum Gasteiger partial charge on any atom is 0.204 e. The normalized spacial score (nSPS) is 23.5. The molecule has 4 rings (SSSR count). The maximum atomic E-state index is 6.89. The number of aromatic nitrogens is 2. The predicted octanol–water partition coefficient (Wildman–Crippen LogP) is 5.78. The zero-order chi connectivity index (χ0) is 18.9. The summed E-state index contributed by atoms with van der Waals surface area (Å²) in [6.45, 7) is 0. The van der Waals surface area contributed by atoms with Gasteiger partial charge in [0, 0.05) is 12.6 Å². The SMILES string of the molecule is Cn1nc(-c2ccccc2Cl)sc1=NC1(c2ccccc2)CCCCC1Cl. The van der Waals surface area contributed by atoms with Gasteiger partial charge in [-0.25, -0.2) is 9.67 Å². The van der Waals surface area contributed by atoms with E-state index in [1.807, 2.05) is 42.1 Å². The van der Waals surface area contributed by atoms with Crippen LogP contribution in [-0.2, 0) is 12.6 Å². The van der Waals surface area contributed by atoms with Gasteiger partial charge in [-0.15, -0.1) is 11.6 Å². The fourth-order valence-electron chi connectivity index (χ4n) is 3.72. The van der Waals surface area contributed by atoms with Crippen molar-refractivity contribution >= 4 is 34.5 Å². The highest BCUT2D eigenvalue weighted by atomic mass is 35.5. The molecule has 2 atom stereocenters. The van der Waals surface area contributed by atoms with Gasteiger partial charge in [0.2, 0.25) is 4.80 Å². The lowest BCUT2D eigenvalue weighted by atomic mass is 9.76. The Hall–Kier alpha value is -1.62. The highest BCUT2D eigenvalue weighted by Crippen LogP contribution is 2.43. The van der Waals surface area contributed by atoms with Crippen LogP contribution in [-0.4, -0.2) is 15.2 Å². The Balaban J connectivity index is 1.86. The first-order chi connectivity index (χ1) is 13.1. The van der Waals surface area contributed by atoms with Gasteiger partial charge in [-0.05, 0) is 24.5 Å². The first-order valence-electron chi connectivity index (χ1n) is 9.15. The second kappa shape index (κ2) is 7.78. The standard InChI is InChI=1S/C21H21Cl2N3S/c1-26-20(27-19(25-26)16-11-5-6-12-17(16)22)24-21(14-8-7-13-18(21)23)15-9-3-2-4-10-15/h2-6,9-12,18H,7-8,13-14H2,1H3. The molecule has 1 saturated carbocycles. The molecule has 2 aromatic carbocycles. The second-order valence-corrected chi connectivity index (χ2v) is 8.80. The van der Waals surface area contributed by atoms with Crippen LogP contribution in [0.3, 0.4) is 0 Å². The van der Waals surface area contributed by atoms with Gasteiger partial charge in [0.1, 0.15) is 10.5 Å². The molecular formula is C21H21Cl2N3S. The van der Waals surface area contributed by atoms with Crippen LogP contribution in [0.4, 0.5) is 0 Å². The van der Waals surface area contributed by atoms with E-state index in [-0.39, 0.29) is 5.38 Å². The summed E-state index contributed by atoms with van der Waals surface area (Å²) in [5.74, 6) is 0. The van der Waals surface area contributed by atoms with Gasteiger partial charge in [0.05, 0.1) is 10.4 Å². The Labute approximate surface area is 173 Å². The number of nitrogens with zero attached hydrogens (tertiary/aromatic N) is 3. The van der Waals surface area contributed by atoms with Crippen molar-refractivity contribution in [3.63, 3.8) is 0 Å². The first kappa shape index (κ1) is 18.7. The molecule has 0 amide bonds. The van der Waals surface area contributed by atoms with Crippen molar-refractivity contribution in [1.29, 1.82) is 0 Å². The molecule has 0 bridgehead atoms. The molecular weight excluding hydrogens is 397 g/mol. The minimum absolute atomic E-state index is 0.0282. The van der Waals surface area contributed by atoms with Gasteiger partial charge in [0.25, 0.3) is 0 Å². The van der Waals surface area contributed by atoms with Crippen molar-refractivity contribution in [3.8, 4) is 10.6 Å². The minimum atomic E-state index is -0.414. The lowest BCUT2D eigenvalue weighted by Gasteiger charge is -2.38. The number of rotatable bonds is 3. The van der Waals surface area contributed by atoms with Gasteiger partial charge >= 0.3 is 0 Å². The van der Waals surface area contributed by atoms with Crippen LogP contribution in [0.25, 0.3) is 10.6 Å². The van der Waals surface area contributed by atoms with Crippen LogP contribution in [0, 0.1) is 0 Å². The summed E-state index contributed by atoms with van der Waals surface area (Å²) < 4.78 is 1.84. The van der Waals surface area contributed by atoms with Gasteiger partial charge in [-0.2, -0.15) is 5.10 Å². The Kier molecular flexibility index (Phi) is 5.40. The van der Waals surface area contributed by atoms with Crippen LogP contribution < -0.4 is 4.80 Å². The predicted molar refractivity (Wildman–Crippen MR) is 113 cm³/mol. The van der Waals surface area contributed by atoms with Crippen LogP contribution in [0.15, 0.2) is 59.6 Å². The minimum Gasteiger partial charge on any atom is -0.244 e. The number of benzene rings is 2. The third-order valence-electron chi connectivity index (χ3n) is 5.16. The number of aryl methyl sites for hydroxylation is 1. The van der Waals surface area contributed by atoms with Gasteiger partial charge in [-0.3, -0.25) is 0 Å². The van der Waals surface area contributed by atoms with Crippen molar-refractivity contribution in [2.24, 2.45) is 12.0 Å². The molecule has 27 heavy (non-hydrogen) atoms. The molecule has 1 aliphatic carbocycles. The Morgan fingerprint density at radius 3 is 2.59 bits per heavy atom. The van der Waals surface area contributed by atoms with E-state index in [1.54, 1.807) is 11.3 Å². The molecule has 140 valence electrons. The first-order valence-corrected chi connectivity index (χ1v) is 10.8. The Morgan fingerprint density at radius 1 is 1.11 bits per heavy atom. The van der Waals surface area contributed by atoms with E-state index in [4.69, 9.17) is 28.2 Å². The summed E-state index contributed by atoms with van der Waals surface area (Å²) in [5, 5.41) is 6.21. The second-order valence-electron chi connectivity index (χ2n) is 6.91. The van der Waals surface area contributed by atoms with Gasteiger partial charge < -0.3 is 0 Å². The van der Waals surface area contributed by atoms with E-state index >= 15 is 0 Å². The molecule has 3 nitrogen and oxygen atoms in total. The molecule has 0 saturated heterocycles. The third kappa shape index (κ3) is 3.58. The van der Waals surface area contributed by atoms with Gasteiger partial charge in [-0.1, -0.05) is 84.3 Å². The zero-order valence-electron chi connectivity index (χ0n) is 15.1. The fraction of sp³-hybridized carbons (Fsp3) is 0.333. The van der Waals surface area contributed by atoms with E-state index in [0.717, 1.165) is 41.1 Å². The van der Waals surface area contributed by atoms with E-state index in [1.165, 1.54) is 5.56 Å². The van der Waals surface area contributed by atoms with Crippen molar-refractivity contribution in [2.45, 2.75) is 36.6 Å². The molecule has 1 aromatic heterocycles. The molecule has 0 N–H and O–H groups in total. The van der Waals surface area contributed by atoms with Crippen LogP contribution in [0.5, 0.6) is 0 Å². The van der Waals surface area contributed by atoms with E-state index < -0.39 is 5.54 Å². The van der Waals surface area contributed by atoms with Crippen LogP contribution >= 0.6 is 34.5 Å². The lowest BCUT2D eigenvalue weighted by Crippen LogP contribution is -2.39. The monoisotopic (exact) mass is 417 g/mol. The summed E-state index contributed by atoms with van der Waals surface area (Å²) in [6.07, 6.45) is 4.20. The van der Waals surface area contributed by atoms with Gasteiger partial charge in [0.15, 0.2) is 0 Å². The molecule has 1 heterocycles. The van der Waals surface area contributed by atoms with Crippen molar-refractivity contribution in [1.82, 2.24) is 9.78 Å². The topological polar surface area (TPSA) is 30.2 Å². The highest BCUT2D eigenvalue weighted by molar-refractivity contribution is 7.12. The Bertz CT molecular complexity index is 996. The smallest absolute Gasteiger partial charge is 0.204 e. The quantitative estimate of drug-likeness (QED) is 0.496. The van der Waals surface area contributed by atoms with Crippen LogP contribution in [0.1, 0.15) is 31.2 Å². The van der Waals surface area contributed by atoms with Crippen LogP contribution in [0.2, 0.25) is 5.02 Å². The molecule has 1 fully saturated rings. The molecule has 1 aliphatic rings. The van der Waals surface area contributed by atoms with E-state index in [9.17, 15) is 0 Å². The molecule has 0 aliphatic heterocycles. The van der Waals surface area contributed by atoms with Crippen molar-refractivity contribution < 1.29 is 0 Å². The maximum absolute atomic E-state index is 6.89. The Morgan fingerprint density at radius 2 is 1.85 bits per heavy atom. The fourth-order valence-corrected chi connectivity index (χ4v) is 5.44.